The number of esters is 2. The Labute approximate surface area is 147 Å². The minimum absolute atomic E-state index is 0.0560. The highest BCUT2D eigenvalue weighted by molar-refractivity contribution is 6.06. The van der Waals surface area contributed by atoms with Crippen LogP contribution >= 0.6 is 0 Å². The van der Waals surface area contributed by atoms with Crippen molar-refractivity contribution in [3.8, 4) is 0 Å². The fourth-order valence-electron chi connectivity index (χ4n) is 4.20. The lowest BCUT2D eigenvalue weighted by atomic mass is 9.61. The molecule has 0 aromatic heterocycles. The molecule has 3 aliphatic rings. The number of allylic oxidation sites excluding steroid dienone is 4. The summed E-state index contributed by atoms with van der Waals surface area (Å²) < 4.78 is 11.3. The van der Waals surface area contributed by atoms with Gasteiger partial charge in [-0.15, -0.1) is 0 Å². The third-order valence-corrected chi connectivity index (χ3v) is 6.02. The molecule has 1 saturated carbocycles. The van der Waals surface area contributed by atoms with Crippen LogP contribution in [0.15, 0.2) is 34.9 Å². The second kappa shape index (κ2) is 5.68. The molecule has 2 fully saturated rings. The molecule has 1 aliphatic heterocycles. The summed E-state index contributed by atoms with van der Waals surface area (Å²) in [6.07, 6.45) is 6.10. The van der Waals surface area contributed by atoms with Gasteiger partial charge in [0.1, 0.15) is 6.10 Å². The molecular weight excluding hydrogens is 320 g/mol. The van der Waals surface area contributed by atoms with Crippen LogP contribution in [0.3, 0.4) is 0 Å². The van der Waals surface area contributed by atoms with E-state index in [1.54, 1.807) is 39.8 Å². The molecule has 0 radical (unpaired) electrons. The summed E-state index contributed by atoms with van der Waals surface area (Å²) in [5, 5.41) is 0. The van der Waals surface area contributed by atoms with Gasteiger partial charge in [-0.25, -0.2) is 9.59 Å². The zero-order chi connectivity index (χ0) is 18.6. The monoisotopic (exact) mass is 344 g/mol. The van der Waals surface area contributed by atoms with Crippen LogP contribution in [0.25, 0.3) is 0 Å². The van der Waals surface area contributed by atoms with Crippen molar-refractivity contribution < 1.29 is 23.9 Å². The van der Waals surface area contributed by atoms with Gasteiger partial charge in [0, 0.05) is 16.6 Å². The molecule has 2 aliphatic carbocycles. The molecule has 0 aromatic carbocycles. The summed E-state index contributed by atoms with van der Waals surface area (Å²) in [5.41, 5.74) is 0.308. The number of carbonyl (C=O) groups is 3. The minimum atomic E-state index is -1.33. The molecule has 4 atom stereocenters. The maximum absolute atomic E-state index is 12.6. The molecule has 5 nitrogen and oxygen atoms in total. The SMILES string of the molecule is CC=C(C)C(=O)OC1(C)C(=O)OC2C3=C(C)C(=O)C=CC3(C)CCC21. The normalized spacial score (nSPS) is 37.6. The van der Waals surface area contributed by atoms with Crippen molar-refractivity contribution in [1.29, 1.82) is 0 Å². The summed E-state index contributed by atoms with van der Waals surface area (Å²) in [4.78, 5) is 37.0. The number of ether oxygens (including phenoxy) is 2. The molecule has 1 saturated heterocycles. The third-order valence-electron chi connectivity index (χ3n) is 6.02. The Bertz CT molecular complexity index is 756. The Balaban J connectivity index is 1.99. The number of hydrogen-bond acceptors (Lipinski definition) is 5. The van der Waals surface area contributed by atoms with Crippen LogP contribution in [0.4, 0.5) is 0 Å². The second-order valence-electron chi connectivity index (χ2n) is 7.59. The predicted molar refractivity (Wildman–Crippen MR) is 91.5 cm³/mol. The van der Waals surface area contributed by atoms with E-state index in [0.717, 1.165) is 12.0 Å². The van der Waals surface area contributed by atoms with Gasteiger partial charge in [0.05, 0.1) is 5.92 Å². The second-order valence-corrected chi connectivity index (χ2v) is 7.59. The summed E-state index contributed by atoms with van der Waals surface area (Å²) >= 11 is 0. The molecule has 0 spiro atoms. The first-order valence-corrected chi connectivity index (χ1v) is 8.66. The predicted octanol–water partition coefficient (Wildman–Crippen LogP) is 3.05. The first-order chi connectivity index (χ1) is 11.6. The van der Waals surface area contributed by atoms with Crippen LogP contribution in [0, 0.1) is 11.3 Å². The lowest BCUT2D eigenvalue weighted by Crippen LogP contribution is -2.48. The molecular formula is C20H24O5. The largest absolute Gasteiger partial charge is 0.454 e. The lowest BCUT2D eigenvalue weighted by Gasteiger charge is -2.44. The fraction of sp³-hybridized carbons (Fsp3) is 0.550. The molecule has 0 N–H and O–H groups in total. The van der Waals surface area contributed by atoms with Crippen molar-refractivity contribution in [3.63, 3.8) is 0 Å². The van der Waals surface area contributed by atoms with Gasteiger partial charge in [-0.1, -0.05) is 19.1 Å². The van der Waals surface area contributed by atoms with Gasteiger partial charge in [0.25, 0.3) is 0 Å². The molecule has 134 valence electrons. The van der Waals surface area contributed by atoms with Gasteiger partial charge in [-0.2, -0.15) is 0 Å². The molecule has 5 heteroatoms. The van der Waals surface area contributed by atoms with E-state index in [1.807, 2.05) is 6.08 Å². The zero-order valence-electron chi connectivity index (χ0n) is 15.3. The van der Waals surface area contributed by atoms with Crippen molar-refractivity contribution >= 4 is 17.7 Å². The van der Waals surface area contributed by atoms with Crippen molar-refractivity contribution in [3.05, 3.63) is 34.9 Å². The van der Waals surface area contributed by atoms with Crippen LogP contribution in [0.5, 0.6) is 0 Å². The summed E-state index contributed by atoms with van der Waals surface area (Å²) in [6.45, 7) is 8.86. The zero-order valence-corrected chi connectivity index (χ0v) is 15.3. The van der Waals surface area contributed by atoms with Gasteiger partial charge in [-0.3, -0.25) is 4.79 Å². The van der Waals surface area contributed by atoms with Crippen LogP contribution in [0.1, 0.15) is 47.5 Å². The van der Waals surface area contributed by atoms with E-state index in [0.29, 0.717) is 17.6 Å². The molecule has 0 aromatic rings. The van der Waals surface area contributed by atoms with Gasteiger partial charge in [0.15, 0.2) is 5.78 Å². The van der Waals surface area contributed by atoms with Crippen molar-refractivity contribution in [2.45, 2.75) is 59.2 Å². The quantitative estimate of drug-likeness (QED) is 0.569. The average Bonchev–Trinajstić information content (AvgIpc) is 2.81. The number of ketones is 1. The van der Waals surface area contributed by atoms with Crippen LogP contribution in [0.2, 0.25) is 0 Å². The Morgan fingerprint density at radius 1 is 1.36 bits per heavy atom. The average molecular weight is 344 g/mol. The molecule has 25 heavy (non-hydrogen) atoms. The van der Waals surface area contributed by atoms with Gasteiger partial charge < -0.3 is 9.47 Å². The smallest absolute Gasteiger partial charge is 0.351 e. The van der Waals surface area contributed by atoms with Crippen LogP contribution in [-0.2, 0) is 23.9 Å². The Morgan fingerprint density at radius 3 is 2.68 bits per heavy atom. The van der Waals surface area contributed by atoms with Crippen LogP contribution < -0.4 is 0 Å². The highest BCUT2D eigenvalue weighted by Gasteiger charge is 2.62. The highest BCUT2D eigenvalue weighted by atomic mass is 16.6. The maximum Gasteiger partial charge on any atom is 0.351 e. The Morgan fingerprint density at radius 2 is 2.04 bits per heavy atom. The molecule has 0 bridgehead atoms. The maximum atomic E-state index is 12.6. The minimum Gasteiger partial charge on any atom is -0.454 e. The number of rotatable bonds is 2. The van der Waals surface area contributed by atoms with Gasteiger partial charge in [-0.05, 0) is 52.2 Å². The first kappa shape index (κ1) is 17.6. The van der Waals surface area contributed by atoms with E-state index in [4.69, 9.17) is 9.47 Å². The summed E-state index contributed by atoms with van der Waals surface area (Å²) in [7, 11) is 0. The van der Waals surface area contributed by atoms with E-state index in [2.05, 4.69) is 6.92 Å². The number of hydrogen-bond donors (Lipinski definition) is 0. The van der Waals surface area contributed by atoms with E-state index in [-0.39, 0.29) is 17.1 Å². The molecule has 1 heterocycles. The van der Waals surface area contributed by atoms with Gasteiger partial charge >= 0.3 is 11.9 Å². The summed E-state index contributed by atoms with van der Waals surface area (Å²) in [6, 6.07) is 0. The van der Waals surface area contributed by atoms with Crippen LogP contribution in [-0.4, -0.2) is 29.4 Å². The Kier molecular flexibility index (Phi) is 4.01. The van der Waals surface area contributed by atoms with Crippen molar-refractivity contribution in [2.24, 2.45) is 11.3 Å². The fourth-order valence-corrected chi connectivity index (χ4v) is 4.20. The van der Waals surface area contributed by atoms with E-state index >= 15 is 0 Å². The lowest BCUT2D eigenvalue weighted by molar-refractivity contribution is -0.170. The van der Waals surface area contributed by atoms with Gasteiger partial charge in [0.2, 0.25) is 5.60 Å². The molecule has 4 unspecified atom stereocenters. The number of carbonyl (C=O) groups excluding carboxylic acids is 3. The Hall–Kier alpha value is -2.17. The molecule has 3 rings (SSSR count). The van der Waals surface area contributed by atoms with Crippen molar-refractivity contribution in [1.82, 2.24) is 0 Å². The summed E-state index contributed by atoms with van der Waals surface area (Å²) in [5.74, 6) is -1.39. The van der Waals surface area contributed by atoms with E-state index in [9.17, 15) is 14.4 Å². The molecule has 0 amide bonds. The topological polar surface area (TPSA) is 69.7 Å². The van der Waals surface area contributed by atoms with E-state index in [1.165, 1.54) is 0 Å². The third kappa shape index (κ3) is 2.48. The first-order valence-electron chi connectivity index (χ1n) is 8.66. The number of fused-ring (bicyclic) bond motifs is 3. The van der Waals surface area contributed by atoms with Crippen molar-refractivity contribution in [2.75, 3.05) is 0 Å². The van der Waals surface area contributed by atoms with E-state index < -0.39 is 23.6 Å². The highest BCUT2D eigenvalue weighted by Crippen LogP contribution is 2.54. The standard InChI is InChI=1S/C20H24O5/c1-6-11(2)17(22)25-20(5)13-7-9-19(4)10-8-14(21)12(3)15(19)16(13)24-18(20)23/h6,8,10,13,16H,7,9H2,1-5H3.